The number of anilines is 2. The van der Waals surface area contributed by atoms with Crippen molar-refractivity contribution in [1.82, 2.24) is 9.88 Å². The van der Waals surface area contributed by atoms with Gasteiger partial charge in [-0.2, -0.15) is 0 Å². The van der Waals surface area contributed by atoms with Crippen LogP contribution in [-0.4, -0.2) is 41.0 Å². The third-order valence-electron chi connectivity index (χ3n) is 3.48. The largest absolute Gasteiger partial charge is 0.383 e. The Morgan fingerprint density at radius 2 is 2.37 bits per heavy atom. The molecule has 7 nitrogen and oxygen atoms in total. The summed E-state index contributed by atoms with van der Waals surface area (Å²) in [6.45, 7) is 1.82. The van der Waals surface area contributed by atoms with Gasteiger partial charge >= 0.3 is 0 Å². The van der Waals surface area contributed by atoms with Crippen LogP contribution in [-0.2, 0) is 0 Å². The van der Waals surface area contributed by atoms with Gasteiger partial charge in [-0.05, 0) is 26.4 Å². The van der Waals surface area contributed by atoms with Gasteiger partial charge in [0.1, 0.15) is 11.6 Å². The van der Waals surface area contributed by atoms with Gasteiger partial charge in [0.15, 0.2) is 0 Å². The fraction of sp³-hybridized carbons (Fsp3) is 0.583. The Balaban J connectivity index is 2.00. The number of nitrogens with one attached hydrogen (secondary N) is 1. The van der Waals surface area contributed by atoms with Crippen molar-refractivity contribution in [3.8, 4) is 0 Å². The molecular formula is C12H19N5O2. The number of hydrogen-bond acceptors (Lipinski definition) is 6. The van der Waals surface area contributed by atoms with Crippen LogP contribution in [0.3, 0.4) is 0 Å². The molecule has 0 aliphatic carbocycles. The summed E-state index contributed by atoms with van der Waals surface area (Å²) in [6.07, 6.45) is 3.59. The van der Waals surface area contributed by atoms with Gasteiger partial charge in [-0.1, -0.05) is 6.42 Å². The predicted molar refractivity (Wildman–Crippen MR) is 74.1 cm³/mol. The first-order valence-corrected chi connectivity index (χ1v) is 6.42. The van der Waals surface area contributed by atoms with Crippen molar-refractivity contribution in [2.45, 2.75) is 25.3 Å². The maximum absolute atomic E-state index is 10.7. The number of pyridine rings is 1. The topological polar surface area (TPSA) is 97.3 Å². The second kappa shape index (κ2) is 5.83. The number of nitro groups is 1. The molecule has 0 bridgehead atoms. The molecule has 3 N–H and O–H groups in total. The number of likely N-dealkylation sites (N-methyl/N-ethyl adjacent to an activating group) is 1. The van der Waals surface area contributed by atoms with Gasteiger partial charge in [0.25, 0.3) is 5.69 Å². The molecule has 1 aromatic rings. The van der Waals surface area contributed by atoms with Crippen LogP contribution in [0.15, 0.2) is 12.1 Å². The number of nitrogens with two attached hydrogens (primary N) is 1. The van der Waals surface area contributed by atoms with Crippen molar-refractivity contribution in [2.75, 3.05) is 31.2 Å². The fourth-order valence-corrected chi connectivity index (χ4v) is 2.36. The molecule has 1 aromatic heterocycles. The second-order valence-electron chi connectivity index (χ2n) is 4.90. The van der Waals surface area contributed by atoms with E-state index in [4.69, 9.17) is 5.73 Å². The van der Waals surface area contributed by atoms with Crippen molar-refractivity contribution < 1.29 is 4.92 Å². The van der Waals surface area contributed by atoms with Crippen molar-refractivity contribution >= 4 is 17.3 Å². The van der Waals surface area contributed by atoms with Crippen LogP contribution < -0.4 is 11.1 Å². The molecule has 0 amide bonds. The highest BCUT2D eigenvalue weighted by molar-refractivity contribution is 5.52. The zero-order chi connectivity index (χ0) is 13.8. The average molecular weight is 265 g/mol. The highest BCUT2D eigenvalue weighted by Gasteiger charge is 2.19. The summed E-state index contributed by atoms with van der Waals surface area (Å²) in [5, 5.41) is 13.9. The van der Waals surface area contributed by atoms with E-state index in [1.807, 2.05) is 0 Å². The van der Waals surface area contributed by atoms with Crippen LogP contribution in [0.1, 0.15) is 19.3 Å². The summed E-state index contributed by atoms with van der Waals surface area (Å²) in [7, 11) is 2.10. The molecule has 0 radical (unpaired) electrons. The highest BCUT2D eigenvalue weighted by Crippen LogP contribution is 2.20. The van der Waals surface area contributed by atoms with Gasteiger partial charge in [0.05, 0.1) is 17.1 Å². The quantitative estimate of drug-likeness (QED) is 0.632. The van der Waals surface area contributed by atoms with E-state index in [1.165, 1.54) is 25.0 Å². The Bertz CT molecular complexity index is 465. The van der Waals surface area contributed by atoms with Gasteiger partial charge in [-0.25, -0.2) is 4.98 Å². The van der Waals surface area contributed by atoms with E-state index in [1.54, 1.807) is 0 Å². The van der Waals surface area contributed by atoms with Gasteiger partial charge in [0.2, 0.25) is 0 Å². The van der Waals surface area contributed by atoms with E-state index in [0.29, 0.717) is 11.9 Å². The van der Waals surface area contributed by atoms with E-state index in [9.17, 15) is 10.1 Å². The van der Waals surface area contributed by atoms with Gasteiger partial charge in [0, 0.05) is 12.6 Å². The molecule has 1 atom stereocenters. The number of rotatable bonds is 4. The van der Waals surface area contributed by atoms with E-state index < -0.39 is 4.92 Å². The van der Waals surface area contributed by atoms with Crippen molar-refractivity contribution in [2.24, 2.45) is 0 Å². The molecular weight excluding hydrogens is 246 g/mol. The molecule has 1 saturated heterocycles. The van der Waals surface area contributed by atoms with Gasteiger partial charge < -0.3 is 16.0 Å². The second-order valence-corrected chi connectivity index (χ2v) is 4.90. The molecule has 1 aliphatic rings. The summed E-state index contributed by atoms with van der Waals surface area (Å²) in [5.41, 5.74) is 5.53. The molecule has 104 valence electrons. The molecule has 0 saturated carbocycles. The minimum absolute atomic E-state index is 0.0352. The van der Waals surface area contributed by atoms with Crippen LogP contribution in [0.2, 0.25) is 0 Å². The maximum atomic E-state index is 10.7. The van der Waals surface area contributed by atoms with Crippen LogP contribution in [0.25, 0.3) is 0 Å². The molecule has 2 rings (SSSR count). The fourth-order valence-electron chi connectivity index (χ4n) is 2.36. The Labute approximate surface area is 112 Å². The van der Waals surface area contributed by atoms with E-state index in [2.05, 4.69) is 22.2 Å². The lowest BCUT2D eigenvalue weighted by atomic mass is 10.0. The number of hydrogen-bond donors (Lipinski definition) is 2. The molecule has 19 heavy (non-hydrogen) atoms. The Morgan fingerprint density at radius 3 is 3.05 bits per heavy atom. The lowest BCUT2D eigenvalue weighted by molar-refractivity contribution is -0.384. The van der Waals surface area contributed by atoms with Gasteiger partial charge in [-0.3, -0.25) is 10.1 Å². The number of nitrogens with zero attached hydrogens (tertiary/aromatic N) is 3. The Hall–Kier alpha value is -1.89. The molecule has 1 fully saturated rings. The van der Waals surface area contributed by atoms with Crippen molar-refractivity contribution in [3.05, 3.63) is 22.2 Å². The van der Waals surface area contributed by atoms with Crippen molar-refractivity contribution in [3.63, 3.8) is 0 Å². The lowest BCUT2D eigenvalue weighted by Crippen LogP contribution is -2.40. The first-order chi connectivity index (χ1) is 9.06. The van der Waals surface area contributed by atoms with Crippen molar-refractivity contribution in [1.29, 1.82) is 0 Å². The highest BCUT2D eigenvalue weighted by atomic mass is 16.6. The van der Waals surface area contributed by atoms with Crippen LogP contribution in [0.5, 0.6) is 0 Å². The third-order valence-corrected chi connectivity index (χ3v) is 3.48. The molecule has 1 unspecified atom stereocenters. The zero-order valence-electron chi connectivity index (χ0n) is 11.0. The normalized spacial score (nSPS) is 20.2. The zero-order valence-corrected chi connectivity index (χ0v) is 11.0. The molecule has 1 aliphatic heterocycles. The Morgan fingerprint density at radius 1 is 1.58 bits per heavy atom. The molecule has 7 heteroatoms. The smallest absolute Gasteiger partial charge is 0.276 e. The standard InChI is InChI=1S/C12H19N5O2/c1-16-5-3-2-4-9(16)8-14-12-7-10(17(18)19)6-11(13)15-12/h6-7,9H,2-5,8H2,1H3,(H3,13,14,15). The summed E-state index contributed by atoms with van der Waals surface area (Å²) >= 11 is 0. The van der Waals surface area contributed by atoms with Gasteiger partial charge in [-0.15, -0.1) is 0 Å². The number of piperidine rings is 1. The summed E-state index contributed by atoms with van der Waals surface area (Å²) in [6, 6.07) is 3.12. The minimum atomic E-state index is -0.462. The maximum Gasteiger partial charge on any atom is 0.276 e. The number of aromatic nitrogens is 1. The Kier molecular flexibility index (Phi) is 4.16. The third kappa shape index (κ3) is 3.54. The first-order valence-electron chi connectivity index (χ1n) is 6.42. The first kappa shape index (κ1) is 13.5. The summed E-state index contributed by atoms with van der Waals surface area (Å²) in [4.78, 5) is 16.7. The van der Waals surface area contributed by atoms with Crippen LogP contribution in [0, 0.1) is 10.1 Å². The number of nitrogen functional groups attached to an aromatic ring is 1. The monoisotopic (exact) mass is 265 g/mol. The van der Waals surface area contributed by atoms with E-state index >= 15 is 0 Å². The predicted octanol–water partition coefficient (Wildman–Crippen LogP) is 1.47. The lowest BCUT2D eigenvalue weighted by Gasteiger charge is -2.32. The molecule has 0 spiro atoms. The molecule has 0 aromatic carbocycles. The van der Waals surface area contributed by atoms with Crippen LogP contribution >= 0.6 is 0 Å². The minimum Gasteiger partial charge on any atom is -0.383 e. The summed E-state index contributed by atoms with van der Waals surface area (Å²) < 4.78 is 0. The summed E-state index contributed by atoms with van der Waals surface area (Å²) in [5.74, 6) is 0.624. The average Bonchev–Trinajstić information content (AvgIpc) is 2.37. The number of likely N-dealkylation sites (tertiary alicyclic amines) is 1. The van der Waals surface area contributed by atoms with Crippen LogP contribution in [0.4, 0.5) is 17.3 Å². The SMILES string of the molecule is CN1CCCCC1CNc1cc([N+](=O)[O-])cc(N)n1. The van der Waals surface area contributed by atoms with E-state index in [-0.39, 0.29) is 11.5 Å². The van der Waals surface area contributed by atoms with E-state index in [0.717, 1.165) is 19.5 Å². The molecule has 2 heterocycles.